The first kappa shape index (κ1) is 14.9. The number of hydrogen-bond acceptors (Lipinski definition) is 4. The second kappa shape index (κ2) is 6.17. The van der Waals surface area contributed by atoms with Gasteiger partial charge in [-0.15, -0.1) is 0 Å². The molecule has 19 heavy (non-hydrogen) atoms. The van der Waals surface area contributed by atoms with E-state index in [1.54, 1.807) is 25.3 Å². The third-order valence-electron chi connectivity index (χ3n) is 3.03. The van der Waals surface area contributed by atoms with E-state index in [1.807, 2.05) is 19.0 Å². The van der Waals surface area contributed by atoms with Gasteiger partial charge in [-0.3, -0.25) is 9.59 Å². The Kier molecular flexibility index (Phi) is 4.86. The first-order valence-corrected chi connectivity index (χ1v) is 6.00. The van der Waals surface area contributed by atoms with Crippen LogP contribution in [0.4, 0.5) is 11.5 Å². The Labute approximate surface area is 112 Å². The maximum Gasteiger partial charge on any atom is 0.307 e. The third-order valence-corrected chi connectivity index (χ3v) is 3.03. The van der Waals surface area contributed by atoms with E-state index in [4.69, 9.17) is 5.11 Å². The molecule has 1 heterocycles. The van der Waals surface area contributed by atoms with E-state index in [0.29, 0.717) is 5.69 Å². The Bertz CT molecular complexity index is 457. The first-order valence-electron chi connectivity index (χ1n) is 6.00. The van der Waals surface area contributed by atoms with Crippen LogP contribution < -0.4 is 10.2 Å². The number of nitrogens with one attached hydrogen (secondary N) is 1. The summed E-state index contributed by atoms with van der Waals surface area (Å²) in [5.41, 5.74) is 0.556. The molecule has 0 spiro atoms. The zero-order chi connectivity index (χ0) is 14.6. The Morgan fingerprint density at radius 2 is 1.89 bits per heavy atom. The van der Waals surface area contributed by atoms with Crippen molar-refractivity contribution >= 4 is 23.4 Å². The van der Waals surface area contributed by atoms with Crippen LogP contribution in [0.15, 0.2) is 18.3 Å². The molecular formula is C13H19N3O3. The van der Waals surface area contributed by atoms with E-state index in [2.05, 4.69) is 10.3 Å². The quantitative estimate of drug-likeness (QED) is 0.841. The maximum atomic E-state index is 11.9. The number of carboxylic acid groups (broad SMARTS) is 1. The molecule has 0 fully saturated rings. The lowest BCUT2D eigenvalue weighted by Crippen LogP contribution is -2.30. The van der Waals surface area contributed by atoms with Crippen LogP contribution in [0.2, 0.25) is 0 Å². The highest BCUT2D eigenvalue weighted by Gasteiger charge is 2.25. The fourth-order valence-corrected chi connectivity index (χ4v) is 1.42. The molecule has 2 atom stereocenters. The number of carboxylic acids is 1. The molecule has 1 amide bonds. The minimum absolute atomic E-state index is 0.325. The van der Waals surface area contributed by atoms with E-state index in [1.165, 1.54) is 6.92 Å². The van der Waals surface area contributed by atoms with Crippen molar-refractivity contribution in [3.63, 3.8) is 0 Å². The van der Waals surface area contributed by atoms with Crippen LogP contribution in [0.5, 0.6) is 0 Å². The Balaban J connectivity index is 2.69. The summed E-state index contributed by atoms with van der Waals surface area (Å²) in [5.74, 6) is -1.86. The lowest BCUT2D eigenvalue weighted by atomic mass is 9.95. The summed E-state index contributed by atoms with van der Waals surface area (Å²) in [6.45, 7) is 3.11. The molecule has 6 nitrogen and oxygen atoms in total. The van der Waals surface area contributed by atoms with Gasteiger partial charge in [-0.1, -0.05) is 13.8 Å². The van der Waals surface area contributed by atoms with Gasteiger partial charge in [0.05, 0.1) is 17.8 Å². The molecule has 0 bridgehead atoms. The summed E-state index contributed by atoms with van der Waals surface area (Å²) < 4.78 is 0. The molecule has 2 unspecified atom stereocenters. The smallest absolute Gasteiger partial charge is 0.307 e. The van der Waals surface area contributed by atoms with E-state index >= 15 is 0 Å². The lowest BCUT2D eigenvalue weighted by Gasteiger charge is -2.16. The predicted molar refractivity (Wildman–Crippen MR) is 73.2 cm³/mol. The molecule has 6 heteroatoms. The highest BCUT2D eigenvalue weighted by atomic mass is 16.4. The van der Waals surface area contributed by atoms with Crippen LogP contribution in [-0.4, -0.2) is 36.1 Å². The second-order valence-electron chi connectivity index (χ2n) is 4.70. The Hall–Kier alpha value is -2.11. The molecule has 0 radical (unpaired) electrons. The summed E-state index contributed by atoms with van der Waals surface area (Å²) in [6, 6.07) is 3.51. The van der Waals surface area contributed by atoms with Crippen molar-refractivity contribution in [2.45, 2.75) is 13.8 Å². The van der Waals surface area contributed by atoms with Gasteiger partial charge in [0.15, 0.2) is 0 Å². The molecule has 0 aliphatic carbocycles. The fourth-order valence-electron chi connectivity index (χ4n) is 1.42. The van der Waals surface area contributed by atoms with Gasteiger partial charge in [-0.05, 0) is 12.1 Å². The van der Waals surface area contributed by atoms with Crippen molar-refractivity contribution in [1.82, 2.24) is 4.98 Å². The van der Waals surface area contributed by atoms with E-state index < -0.39 is 17.8 Å². The molecular weight excluding hydrogens is 246 g/mol. The number of carbonyl (C=O) groups excluding carboxylic acids is 1. The summed E-state index contributed by atoms with van der Waals surface area (Å²) in [7, 11) is 3.74. The zero-order valence-electron chi connectivity index (χ0n) is 11.5. The summed E-state index contributed by atoms with van der Waals surface area (Å²) in [6.07, 6.45) is 1.55. The Morgan fingerprint density at radius 3 is 2.32 bits per heavy atom. The minimum atomic E-state index is -0.983. The van der Waals surface area contributed by atoms with Gasteiger partial charge in [0.1, 0.15) is 5.82 Å². The minimum Gasteiger partial charge on any atom is -0.481 e. The van der Waals surface area contributed by atoms with Crippen LogP contribution >= 0.6 is 0 Å². The summed E-state index contributed by atoms with van der Waals surface area (Å²) in [5, 5.41) is 11.5. The van der Waals surface area contributed by atoms with Crippen LogP contribution in [0, 0.1) is 11.8 Å². The SMILES string of the molecule is CC(C(=O)O)C(C)C(=O)Nc1ccc(N(C)C)nc1. The standard InChI is InChI=1S/C13H19N3O3/c1-8(9(2)13(18)19)12(17)15-10-5-6-11(14-7-10)16(3)4/h5-9H,1-4H3,(H,15,17)(H,18,19). The second-order valence-corrected chi connectivity index (χ2v) is 4.70. The molecule has 1 aromatic heterocycles. The van der Waals surface area contributed by atoms with E-state index in [-0.39, 0.29) is 5.91 Å². The zero-order valence-corrected chi connectivity index (χ0v) is 11.5. The lowest BCUT2D eigenvalue weighted by molar-refractivity contribution is -0.145. The number of carbonyl (C=O) groups is 2. The van der Waals surface area contributed by atoms with Gasteiger partial charge in [-0.25, -0.2) is 4.98 Å². The van der Waals surface area contributed by atoms with E-state index in [9.17, 15) is 9.59 Å². The normalized spacial score (nSPS) is 13.5. The van der Waals surface area contributed by atoms with Crippen molar-refractivity contribution in [2.24, 2.45) is 11.8 Å². The van der Waals surface area contributed by atoms with Crippen molar-refractivity contribution < 1.29 is 14.7 Å². The third kappa shape index (κ3) is 3.94. The largest absolute Gasteiger partial charge is 0.481 e. The maximum absolute atomic E-state index is 11.9. The fraction of sp³-hybridized carbons (Fsp3) is 0.462. The van der Waals surface area contributed by atoms with Gasteiger partial charge in [0.25, 0.3) is 0 Å². The molecule has 0 saturated carbocycles. The van der Waals surface area contributed by atoms with Crippen LogP contribution in [0.25, 0.3) is 0 Å². The van der Waals surface area contributed by atoms with E-state index in [0.717, 1.165) is 5.82 Å². The van der Waals surface area contributed by atoms with Crippen molar-refractivity contribution in [2.75, 3.05) is 24.3 Å². The highest BCUT2D eigenvalue weighted by Crippen LogP contribution is 2.16. The van der Waals surface area contributed by atoms with Gasteiger partial charge < -0.3 is 15.3 Å². The molecule has 0 aromatic carbocycles. The van der Waals surface area contributed by atoms with Gasteiger partial charge >= 0.3 is 5.97 Å². The molecule has 104 valence electrons. The molecule has 0 saturated heterocycles. The average molecular weight is 265 g/mol. The highest BCUT2D eigenvalue weighted by molar-refractivity contribution is 5.94. The van der Waals surface area contributed by atoms with Crippen LogP contribution in [-0.2, 0) is 9.59 Å². The van der Waals surface area contributed by atoms with Gasteiger partial charge in [0.2, 0.25) is 5.91 Å². The van der Waals surface area contributed by atoms with Crippen molar-refractivity contribution in [3.05, 3.63) is 18.3 Å². The first-order chi connectivity index (χ1) is 8.82. The number of rotatable bonds is 5. The monoisotopic (exact) mass is 265 g/mol. The molecule has 0 aliphatic heterocycles. The van der Waals surface area contributed by atoms with Gasteiger partial charge in [-0.2, -0.15) is 0 Å². The number of aliphatic carboxylic acids is 1. The number of anilines is 2. The summed E-state index contributed by atoms with van der Waals surface area (Å²) in [4.78, 5) is 28.7. The predicted octanol–water partition coefficient (Wildman–Crippen LogP) is 1.44. The summed E-state index contributed by atoms with van der Waals surface area (Å²) >= 11 is 0. The van der Waals surface area contributed by atoms with Crippen molar-refractivity contribution in [3.8, 4) is 0 Å². The average Bonchev–Trinajstić information content (AvgIpc) is 2.37. The number of aromatic nitrogens is 1. The molecule has 2 N–H and O–H groups in total. The number of nitrogens with zero attached hydrogens (tertiary/aromatic N) is 2. The van der Waals surface area contributed by atoms with Crippen molar-refractivity contribution in [1.29, 1.82) is 0 Å². The molecule has 1 rings (SSSR count). The number of amides is 1. The molecule has 1 aromatic rings. The van der Waals surface area contributed by atoms with Crippen LogP contribution in [0.3, 0.4) is 0 Å². The van der Waals surface area contributed by atoms with Crippen LogP contribution in [0.1, 0.15) is 13.8 Å². The topological polar surface area (TPSA) is 82.5 Å². The number of pyridine rings is 1. The number of hydrogen-bond donors (Lipinski definition) is 2. The van der Waals surface area contributed by atoms with Gasteiger partial charge in [0, 0.05) is 20.0 Å². The molecule has 0 aliphatic rings. The Morgan fingerprint density at radius 1 is 1.26 bits per heavy atom.